The minimum absolute atomic E-state index is 0.0498. The molecule has 0 unspecified atom stereocenters. The van der Waals surface area contributed by atoms with Gasteiger partial charge in [0.15, 0.2) is 0 Å². The molecule has 0 aromatic heterocycles. The third kappa shape index (κ3) is 5.06. The summed E-state index contributed by atoms with van der Waals surface area (Å²) in [5.41, 5.74) is 3.64. The fourth-order valence-electron chi connectivity index (χ4n) is 2.05. The van der Waals surface area contributed by atoms with Crippen LogP contribution in [0.1, 0.15) is 18.4 Å². The molecule has 1 heterocycles. The van der Waals surface area contributed by atoms with Crippen molar-refractivity contribution in [1.29, 1.82) is 0 Å². The maximum Gasteiger partial charge on any atom is 0.254 e. The molecule has 0 aliphatic carbocycles. The molecule has 0 bridgehead atoms. The van der Waals surface area contributed by atoms with Crippen molar-refractivity contribution in [3.05, 3.63) is 42.0 Å². The van der Waals surface area contributed by atoms with Crippen molar-refractivity contribution in [2.45, 2.75) is 12.8 Å². The van der Waals surface area contributed by atoms with E-state index in [2.05, 4.69) is 15.4 Å². The van der Waals surface area contributed by atoms with Crippen LogP contribution in [0.3, 0.4) is 0 Å². The minimum atomic E-state index is -0.0498. The molecular weight excluding hydrogens is 238 g/mol. The molecule has 1 amide bonds. The Kier molecular flexibility index (Phi) is 5.31. The molecule has 2 rings (SSSR count). The molecule has 1 N–H and O–H groups in total. The molecule has 0 radical (unpaired) electrons. The number of hydrogen-bond acceptors (Lipinski definition) is 3. The Balaban J connectivity index is 1.68. The molecule has 19 heavy (non-hydrogen) atoms. The van der Waals surface area contributed by atoms with Gasteiger partial charge >= 0.3 is 0 Å². The van der Waals surface area contributed by atoms with Crippen LogP contribution in [-0.4, -0.2) is 36.7 Å². The number of hydrogen-bond donors (Lipinski definition) is 1. The van der Waals surface area contributed by atoms with E-state index in [1.165, 1.54) is 12.8 Å². The predicted octanol–water partition coefficient (Wildman–Crippen LogP) is 1.90. The van der Waals surface area contributed by atoms with Crippen LogP contribution in [0.25, 0.3) is 6.08 Å². The van der Waals surface area contributed by atoms with E-state index in [0.29, 0.717) is 6.54 Å². The van der Waals surface area contributed by atoms with Crippen molar-refractivity contribution >= 4 is 18.2 Å². The second kappa shape index (κ2) is 7.48. The molecule has 1 fully saturated rings. The second-order valence-electron chi connectivity index (χ2n) is 4.57. The van der Waals surface area contributed by atoms with Gasteiger partial charge in [0.1, 0.15) is 0 Å². The number of allylic oxidation sites excluding steroid dienone is 1. The van der Waals surface area contributed by atoms with Gasteiger partial charge in [-0.1, -0.05) is 36.4 Å². The van der Waals surface area contributed by atoms with E-state index >= 15 is 0 Å². The molecule has 0 saturated carbocycles. The zero-order chi connectivity index (χ0) is 13.3. The smallest absolute Gasteiger partial charge is 0.254 e. The Morgan fingerprint density at radius 1 is 1.26 bits per heavy atom. The minimum Gasteiger partial charge on any atom is -0.294 e. The zero-order valence-corrected chi connectivity index (χ0v) is 11.0. The van der Waals surface area contributed by atoms with Gasteiger partial charge < -0.3 is 0 Å². The molecule has 1 aliphatic rings. The van der Waals surface area contributed by atoms with Crippen molar-refractivity contribution < 1.29 is 4.79 Å². The number of likely N-dealkylation sites (tertiary alicyclic amines) is 1. The molecule has 100 valence electrons. The van der Waals surface area contributed by atoms with Crippen LogP contribution in [0, 0.1) is 0 Å². The molecule has 1 saturated heterocycles. The Morgan fingerprint density at radius 2 is 2.00 bits per heavy atom. The predicted molar refractivity (Wildman–Crippen MR) is 77.8 cm³/mol. The summed E-state index contributed by atoms with van der Waals surface area (Å²) in [6.45, 7) is 2.48. The van der Waals surface area contributed by atoms with E-state index in [9.17, 15) is 4.79 Å². The summed E-state index contributed by atoms with van der Waals surface area (Å²) in [6.07, 6.45) is 7.73. The third-order valence-electron chi connectivity index (χ3n) is 3.00. The average Bonchev–Trinajstić information content (AvgIpc) is 2.92. The second-order valence-corrected chi connectivity index (χ2v) is 4.57. The molecular formula is C15H19N3O. The van der Waals surface area contributed by atoms with E-state index in [1.54, 1.807) is 6.21 Å². The van der Waals surface area contributed by atoms with Crippen molar-refractivity contribution in [3.8, 4) is 0 Å². The number of benzene rings is 1. The van der Waals surface area contributed by atoms with Gasteiger partial charge in [0.05, 0.1) is 6.54 Å². The van der Waals surface area contributed by atoms with Crippen LogP contribution in [0.5, 0.6) is 0 Å². The van der Waals surface area contributed by atoms with Gasteiger partial charge in [0.25, 0.3) is 5.91 Å². The molecule has 1 aromatic rings. The maximum absolute atomic E-state index is 11.5. The first-order valence-electron chi connectivity index (χ1n) is 6.60. The van der Waals surface area contributed by atoms with Crippen molar-refractivity contribution in [2.24, 2.45) is 5.10 Å². The highest BCUT2D eigenvalue weighted by molar-refractivity contribution is 5.82. The molecule has 4 heteroatoms. The summed E-state index contributed by atoms with van der Waals surface area (Å²) >= 11 is 0. The summed E-state index contributed by atoms with van der Waals surface area (Å²) < 4.78 is 0. The number of carbonyl (C=O) groups is 1. The van der Waals surface area contributed by atoms with Gasteiger partial charge in [-0.2, -0.15) is 5.10 Å². The van der Waals surface area contributed by atoms with Crippen molar-refractivity contribution in [1.82, 2.24) is 10.3 Å². The zero-order valence-electron chi connectivity index (χ0n) is 11.0. The first-order valence-corrected chi connectivity index (χ1v) is 6.60. The standard InChI is InChI=1S/C15H19N3O/c19-15(13-18-11-4-5-12-18)17-16-10-6-9-14-7-2-1-3-8-14/h1-3,6-10H,4-5,11-13H2,(H,17,19). The molecule has 0 atom stereocenters. The van der Waals surface area contributed by atoms with Crippen LogP contribution in [0.2, 0.25) is 0 Å². The largest absolute Gasteiger partial charge is 0.294 e. The lowest BCUT2D eigenvalue weighted by molar-refractivity contribution is -0.121. The monoisotopic (exact) mass is 257 g/mol. The quantitative estimate of drug-likeness (QED) is 0.647. The number of carbonyl (C=O) groups excluding carboxylic acids is 1. The number of hydrazone groups is 1. The van der Waals surface area contributed by atoms with E-state index < -0.39 is 0 Å². The first-order chi connectivity index (χ1) is 9.34. The maximum atomic E-state index is 11.5. The number of nitrogens with one attached hydrogen (secondary N) is 1. The fourth-order valence-corrected chi connectivity index (χ4v) is 2.05. The number of nitrogens with zero attached hydrogens (tertiary/aromatic N) is 2. The Hall–Kier alpha value is -1.94. The van der Waals surface area contributed by atoms with Crippen molar-refractivity contribution in [3.63, 3.8) is 0 Å². The van der Waals surface area contributed by atoms with Crippen LogP contribution in [-0.2, 0) is 4.79 Å². The average molecular weight is 257 g/mol. The van der Waals surface area contributed by atoms with Gasteiger partial charge in [-0.25, -0.2) is 5.43 Å². The highest BCUT2D eigenvalue weighted by Crippen LogP contribution is 2.05. The highest BCUT2D eigenvalue weighted by atomic mass is 16.2. The van der Waals surface area contributed by atoms with E-state index in [-0.39, 0.29) is 5.91 Å². The van der Waals surface area contributed by atoms with Crippen LogP contribution in [0.15, 0.2) is 41.5 Å². The van der Waals surface area contributed by atoms with Crippen LogP contribution < -0.4 is 5.43 Å². The lowest BCUT2D eigenvalue weighted by Crippen LogP contribution is -2.33. The molecule has 0 spiro atoms. The fraction of sp³-hybridized carbons (Fsp3) is 0.333. The van der Waals surface area contributed by atoms with Crippen molar-refractivity contribution in [2.75, 3.05) is 19.6 Å². The summed E-state index contributed by atoms with van der Waals surface area (Å²) in [4.78, 5) is 13.7. The summed E-state index contributed by atoms with van der Waals surface area (Å²) in [5, 5.41) is 3.89. The molecule has 1 aromatic carbocycles. The summed E-state index contributed by atoms with van der Waals surface area (Å²) in [6, 6.07) is 9.96. The van der Waals surface area contributed by atoms with Gasteiger partial charge in [-0.15, -0.1) is 0 Å². The normalized spacial score (nSPS) is 16.4. The number of rotatable bonds is 5. The van der Waals surface area contributed by atoms with Crippen LogP contribution in [0.4, 0.5) is 0 Å². The Labute approximate surface area is 113 Å². The van der Waals surface area contributed by atoms with Gasteiger partial charge in [-0.05, 0) is 37.6 Å². The summed E-state index contributed by atoms with van der Waals surface area (Å²) in [7, 11) is 0. The van der Waals surface area contributed by atoms with Gasteiger partial charge in [0, 0.05) is 6.21 Å². The van der Waals surface area contributed by atoms with E-state index in [1.807, 2.05) is 42.5 Å². The first kappa shape index (κ1) is 13.5. The summed E-state index contributed by atoms with van der Waals surface area (Å²) in [5.74, 6) is -0.0498. The Morgan fingerprint density at radius 3 is 2.74 bits per heavy atom. The van der Waals surface area contributed by atoms with Gasteiger partial charge in [-0.3, -0.25) is 9.69 Å². The van der Waals surface area contributed by atoms with E-state index in [4.69, 9.17) is 0 Å². The van der Waals surface area contributed by atoms with Gasteiger partial charge in [0.2, 0.25) is 0 Å². The molecule has 4 nitrogen and oxygen atoms in total. The molecule has 1 aliphatic heterocycles. The third-order valence-corrected chi connectivity index (χ3v) is 3.00. The van der Waals surface area contributed by atoms with Crippen LogP contribution >= 0.6 is 0 Å². The topological polar surface area (TPSA) is 44.7 Å². The SMILES string of the molecule is O=C(CN1CCCC1)NN=CC=Cc1ccccc1. The number of amides is 1. The lowest BCUT2D eigenvalue weighted by Gasteiger charge is -2.11. The van der Waals surface area contributed by atoms with E-state index in [0.717, 1.165) is 18.7 Å². The lowest BCUT2D eigenvalue weighted by atomic mass is 10.2. The Bertz CT molecular complexity index is 448. The highest BCUT2D eigenvalue weighted by Gasteiger charge is 2.14.